The van der Waals surface area contributed by atoms with Crippen molar-refractivity contribution in [2.24, 2.45) is 0 Å². The Balaban J connectivity index is -0.000000515. The van der Waals surface area contributed by atoms with Crippen LogP contribution in [0.25, 0.3) is 0 Å². The van der Waals surface area contributed by atoms with Gasteiger partial charge in [0.25, 0.3) is 0 Å². The van der Waals surface area contributed by atoms with Crippen LogP contribution in [-0.4, -0.2) is 85.0 Å². The van der Waals surface area contributed by atoms with Crippen molar-refractivity contribution in [2.75, 3.05) is 6.61 Å². The molecule has 0 aromatic carbocycles. The third-order valence-electron chi connectivity index (χ3n) is 6.41. The predicted octanol–water partition coefficient (Wildman–Crippen LogP) is 4.61. The van der Waals surface area contributed by atoms with Crippen LogP contribution >= 0.6 is 0 Å². The number of hydrogen-bond acceptors (Lipinski definition) is 8. The average molecular weight is 581 g/mol. The number of carboxylic acids is 2. The number of carbonyl (C=O) groups is 3. The molecule has 40 heavy (non-hydrogen) atoms. The van der Waals surface area contributed by atoms with E-state index in [1.165, 1.54) is 89.9 Å². The minimum atomic E-state index is -1.79. The minimum absolute atomic E-state index is 0.0258. The second kappa shape index (κ2) is 33.6. The lowest BCUT2D eigenvalue weighted by Gasteiger charge is -2.22. The van der Waals surface area contributed by atoms with E-state index in [0.717, 1.165) is 25.7 Å². The fraction of sp³-hybridized carbons (Fsp3) is 0.900. The van der Waals surface area contributed by atoms with Gasteiger partial charge in [0, 0.05) is 12.8 Å². The Morgan fingerprint density at radius 2 is 0.850 bits per heavy atom. The van der Waals surface area contributed by atoms with E-state index < -0.39 is 43.0 Å². The first-order valence-corrected chi connectivity index (χ1v) is 15.3. The van der Waals surface area contributed by atoms with Crippen LogP contribution < -0.4 is 0 Å². The molecule has 0 unspecified atom stereocenters. The maximum Gasteiger partial charge on any atom is 0.303 e. The fourth-order valence-electron chi connectivity index (χ4n) is 3.79. The van der Waals surface area contributed by atoms with Gasteiger partial charge in [0.15, 0.2) is 6.29 Å². The molecule has 7 N–H and O–H groups in total. The van der Waals surface area contributed by atoms with E-state index in [0.29, 0.717) is 12.8 Å². The zero-order chi connectivity index (χ0) is 31.0. The molecule has 0 spiro atoms. The Bertz CT molecular complexity index is 527. The van der Waals surface area contributed by atoms with E-state index >= 15 is 0 Å². The molecule has 0 rings (SSSR count). The van der Waals surface area contributed by atoms with Crippen molar-refractivity contribution in [1.82, 2.24) is 0 Å². The van der Waals surface area contributed by atoms with Gasteiger partial charge in [0.05, 0.1) is 6.61 Å². The lowest BCUT2D eigenvalue weighted by Crippen LogP contribution is -2.46. The Morgan fingerprint density at radius 1 is 0.550 bits per heavy atom. The van der Waals surface area contributed by atoms with Crippen LogP contribution in [0.2, 0.25) is 0 Å². The zero-order valence-corrected chi connectivity index (χ0v) is 25.1. The topological polar surface area (TPSA) is 193 Å². The van der Waals surface area contributed by atoms with Crippen LogP contribution in [-0.2, 0) is 14.4 Å². The van der Waals surface area contributed by atoms with Crippen molar-refractivity contribution >= 4 is 18.2 Å². The van der Waals surface area contributed by atoms with Crippen LogP contribution in [0.1, 0.15) is 142 Å². The Kier molecular flexibility index (Phi) is 36.0. The molecule has 0 bridgehead atoms. The molecule has 0 saturated carbocycles. The van der Waals surface area contributed by atoms with E-state index in [-0.39, 0.29) is 6.29 Å². The number of hydrogen-bond donors (Lipinski definition) is 7. The van der Waals surface area contributed by atoms with E-state index in [1.807, 2.05) is 0 Å². The maximum atomic E-state index is 10.2. The van der Waals surface area contributed by atoms with E-state index in [2.05, 4.69) is 13.8 Å². The lowest BCUT2D eigenvalue weighted by atomic mass is 10.0. The summed E-state index contributed by atoms with van der Waals surface area (Å²) in [7, 11) is 0. The van der Waals surface area contributed by atoms with Gasteiger partial charge in [0.2, 0.25) is 0 Å². The highest BCUT2D eigenvalue weighted by Crippen LogP contribution is 2.11. The molecule has 4 atom stereocenters. The highest BCUT2D eigenvalue weighted by Gasteiger charge is 2.29. The zero-order valence-electron chi connectivity index (χ0n) is 25.1. The van der Waals surface area contributed by atoms with E-state index in [4.69, 9.17) is 35.7 Å². The van der Waals surface area contributed by atoms with Crippen LogP contribution in [0, 0.1) is 0 Å². The Hall–Kier alpha value is -1.59. The third kappa shape index (κ3) is 34.4. The lowest BCUT2D eigenvalue weighted by molar-refractivity contribution is -0.138. The van der Waals surface area contributed by atoms with Crippen molar-refractivity contribution in [1.29, 1.82) is 0 Å². The first-order valence-electron chi connectivity index (χ1n) is 15.3. The average Bonchev–Trinajstić information content (AvgIpc) is 2.94. The molecule has 0 radical (unpaired) electrons. The van der Waals surface area contributed by atoms with Crippen molar-refractivity contribution < 1.29 is 50.1 Å². The molecule has 0 amide bonds. The van der Waals surface area contributed by atoms with Crippen molar-refractivity contribution in [3.8, 4) is 0 Å². The molecule has 10 heteroatoms. The minimum Gasteiger partial charge on any atom is -0.481 e. The molecule has 0 saturated heterocycles. The van der Waals surface area contributed by atoms with Crippen molar-refractivity contribution in [3.63, 3.8) is 0 Å². The summed E-state index contributed by atoms with van der Waals surface area (Å²) >= 11 is 0. The second-order valence-corrected chi connectivity index (χ2v) is 10.3. The highest BCUT2D eigenvalue weighted by atomic mass is 16.4. The Morgan fingerprint density at radius 3 is 1.10 bits per heavy atom. The van der Waals surface area contributed by atoms with Crippen LogP contribution in [0.5, 0.6) is 0 Å². The molecular formula is C30H60O10. The maximum absolute atomic E-state index is 10.2. The molecule has 10 nitrogen and oxygen atoms in total. The summed E-state index contributed by atoms with van der Waals surface area (Å²) < 4.78 is 0. The van der Waals surface area contributed by atoms with Gasteiger partial charge in [-0.1, -0.05) is 117 Å². The summed E-state index contributed by atoms with van der Waals surface area (Å²) in [6.07, 6.45) is 16.1. The SMILES string of the molecule is CCCCCCCCCCCC(=O)O.CCCCCCCCCCCC(=O)O.O=C[C@H](O)[C@@H](O)[C@H](O)[C@H](O)CO. The molecule has 0 fully saturated rings. The smallest absolute Gasteiger partial charge is 0.303 e. The van der Waals surface area contributed by atoms with Gasteiger partial charge in [-0.15, -0.1) is 0 Å². The summed E-state index contributed by atoms with van der Waals surface area (Å²) in [6.45, 7) is 3.70. The number of aliphatic hydroxyl groups is 5. The molecule has 0 aliphatic rings. The van der Waals surface area contributed by atoms with E-state index in [9.17, 15) is 14.4 Å². The molecule has 0 aliphatic carbocycles. The number of aldehydes is 1. The van der Waals surface area contributed by atoms with Crippen LogP contribution in [0.4, 0.5) is 0 Å². The number of aliphatic carboxylic acids is 2. The summed E-state index contributed by atoms with van der Waals surface area (Å²) in [5.74, 6) is -1.32. The molecule has 0 heterocycles. The number of unbranched alkanes of at least 4 members (excludes halogenated alkanes) is 16. The second-order valence-electron chi connectivity index (χ2n) is 10.3. The number of carbonyl (C=O) groups excluding carboxylic acids is 1. The van der Waals surface area contributed by atoms with Crippen LogP contribution in [0.15, 0.2) is 0 Å². The van der Waals surface area contributed by atoms with Crippen molar-refractivity contribution in [3.05, 3.63) is 0 Å². The normalized spacial score (nSPS) is 13.6. The van der Waals surface area contributed by atoms with Gasteiger partial charge in [-0.2, -0.15) is 0 Å². The predicted molar refractivity (Wildman–Crippen MR) is 156 cm³/mol. The summed E-state index contributed by atoms with van der Waals surface area (Å²) in [6, 6.07) is 0. The standard InChI is InChI=1S/2C12H24O2.C6H12O6/c2*1-2-3-4-5-6-7-8-9-10-11-12(13)14;7-1-3(9)5(11)6(12)4(10)2-8/h2*2-11H2,1H3,(H,13,14);1,3-6,8-12H,2H2/t;;3-,4+,5+,6+/m..0/s1. The molecule has 0 aliphatic heterocycles. The van der Waals surface area contributed by atoms with E-state index in [1.54, 1.807) is 0 Å². The monoisotopic (exact) mass is 580 g/mol. The third-order valence-corrected chi connectivity index (χ3v) is 6.41. The van der Waals surface area contributed by atoms with Gasteiger partial charge in [-0.3, -0.25) is 9.59 Å². The number of rotatable bonds is 25. The molecule has 0 aromatic heterocycles. The van der Waals surface area contributed by atoms with Gasteiger partial charge < -0.3 is 40.5 Å². The first-order chi connectivity index (χ1) is 19.1. The summed E-state index contributed by atoms with van der Waals surface area (Å²) in [5.41, 5.74) is 0. The summed E-state index contributed by atoms with van der Waals surface area (Å²) in [5, 5.41) is 60.4. The summed E-state index contributed by atoms with van der Waals surface area (Å²) in [4.78, 5) is 30.3. The molecular weight excluding hydrogens is 520 g/mol. The Labute approximate surface area is 241 Å². The van der Waals surface area contributed by atoms with Gasteiger partial charge in [-0.05, 0) is 12.8 Å². The van der Waals surface area contributed by atoms with Gasteiger partial charge in [-0.25, -0.2) is 0 Å². The van der Waals surface area contributed by atoms with Crippen molar-refractivity contribution in [2.45, 2.75) is 167 Å². The molecule has 240 valence electrons. The van der Waals surface area contributed by atoms with Gasteiger partial charge in [0.1, 0.15) is 24.4 Å². The fourth-order valence-corrected chi connectivity index (χ4v) is 3.79. The number of aliphatic hydroxyl groups excluding tert-OH is 5. The first kappa shape index (κ1) is 42.9. The van der Waals surface area contributed by atoms with Crippen LogP contribution in [0.3, 0.4) is 0 Å². The molecule has 0 aromatic rings. The largest absolute Gasteiger partial charge is 0.481 e. The number of carboxylic acid groups (broad SMARTS) is 2. The van der Waals surface area contributed by atoms with Gasteiger partial charge >= 0.3 is 11.9 Å². The quantitative estimate of drug-likeness (QED) is 0.0592. The highest BCUT2D eigenvalue weighted by molar-refractivity contribution is 5.66.